The summed E-state index contributed by atoms with van der Waals surface area (Å²) in [7, 11) is -3.90. The molecule has 1 N–H and O–H groups in total. The fourth-order valence-corrected chi connectivity index (χ4v) is 5.59. The Labute approximate surface area is 251 Å². The van der Waals surface area contributed by atoms with Crippen LogP contribution in [0.3, 0.4) is 0 Å². The molecule has 0 fully saturated rings. The van der Waals surface area contributed by atoms with Gasteiger partial charge in [0.25, 0.3) is 0 Å². The summed E-state index contributed by atoms with van der Waals surface area (Å²) in [5, 5.41) is 4.00. The molecular weight excluding hydrogens is 593 g/mol. The second-order valence-corrected chi connectivity index (χ2v) is 12.6. The Hall–Kier alpha value is -2.78. The van der Waals surface area contributed by atoms with Gasteiger partial charge in [0.1, 0.15) is 12.6 Å². The number of carbonyl (C=O) groups excluding carboxylic acids is 2. The molecule has 0 aliphatic carbocycles. The number of benzene rings is 3. The van der Waals surface area contributed by atoms with Crippen molar-refractivity contribution in [2.24, 2.45) is 0 Å². The lowest BCUT2D eigenvalue weighted by Crippen LogP contribution is -2.53. The molecule has 0 aliphatic heterocycles. The van der Waals surface area contributed by atoms with E-state index in [0.29, 0.717) is 33.6 Å². The van der Waals surface area contributed by atoms with E-state index >= 15 is 0 Å². The van der Waals surface area contributed by atoms with Crippen LogP contribution in [0, 0.1) is 6.92 Å². The maximum Gasteiger partial charge on any atom is 0.244 e. The van der Waals surface area contributed by atoms with Gasteiger partial charge in [0.15, 0.2) is 0 Å². The Balaban J connectivity index is 2.08. The lowest BCUT2D eigenvalue weighted by molar-refractivity contribution is -0.140. The molecule has 3 rings (SSSR count). The SMILES string of the molecule is CCCNC(=O)[C@H](Cc1ccccc1)N(Cc1ccc(Cl)cc1Cl)C(=O)CN(c1ccc(C)c(Cl)c1)S(C)(=O)=O. The number of anilines is 1. The first-order valence-electron chi connectivity index (χ1n) is 12.7. The first-order chi connectivity index (χ1) is 18.9. The van der Waals surface area contributed by atoms with Gasteiger partial charge in [0.05, 0.1) is 11.9 Å². The van der Waals surface area contributed by atoms with Crippen LogP contribution in [0.5, 0.6) is 0 Å². The molecule has 0 unspecified atom stereocenters. The van der Waals surface area contributed by atoms with Crippen molar-refractivity contribution in [2.45, 2.75) is 39.3 Å². The van der Waals surface area contributed by atoms with Gasteiger partial charge in [-0.05, 0) is 54.3 Å². The van der Waals surface area contributed by atoms with Gasteiger partial charge >= 0.3 is 0 Å². The summed E-state index contributed by atoms with van der Waals surface area (Å²) in [5.41, 5.74) is 2.40. The topological polar surface area (TPSA) is 86.8 Å². The number of nitrogens with zero attached hydrogens (tertiary/aromatic N) is 2. The minimum Gasteiger partial charge on any atom is -0.354 e. The summed E-state index contributed by atoms with van der Waals surface area (Å²) in [4.78, 5) is 28.9. The first-order valence-corrected chi connectivity index (χ1v) is 15.7. The summed E-state index contributed by atoms with van der Waals surface area (Å²) in [6, 6.07) is 18.0. The molecule has 40 heavy (non-hydrogen) atoms. The van der Waals surface area contributed by atoms with E-state index in [9.17, 15) is 18.0 Å². The van der Waals surface area contributed by atoms with Crippen LogP contribution in [0.4, 0.5) is 5.69 Å². The molecule has 0 saturated heterocycles. The fraction of sp³-hybridized carbons (Fsp3) is 0.310. The Morgan fingerprint density at radius 2 is 1.65 bits per heavy atom. The lowest BCUT2D eigenvalue weighted by Gasteiger charge is -2.33. The van der Waals surface area contributed by atoms with Gasteiger partial charge < -0.3 is 10.2 Å². The lowest BCUT2D eigenvalue weighted by atomic mass is 10.0. The van der Waals surface area contributed by atoms with E-state index in [1.165, 1.54) is 11.0 Å². The minimum absolute atomic E-state index is 0.0435. The molecule has 0 aromatic heterocycles. The monoisotopic (exact) mass is 623 g/mol. The third-order valence-electron chi connectivity index (χ3n) is 6.30. The normalized spacial score (nSPS) is 12.1. The zero-order valence-corrected chi connectivity index (χ0v) is 25.6. The summed E-state index contributed by atoms with van der Waals surface area (Å²) >= 11 is 18.8. The van der Waals surface area contributed by atoms with Crippen LogP contribution in [-0.4, -0.2) is 50.5 Å². The van der Waals surface area contributed by atoms with Crippen molar-refractivity contribution in [3.63, 3.8) is 0 Å². The Morgan fingerprint density at radius 3 is 2.25 bits per heavy atom. The maximum atomic E-state index is 14.1. The van der Waals surface area contributed by atoms with Crippen molar-refractivity contribution >= 4 is 62.3 Å². The van der Waals surface area contributed by atoms with Crippen molar-refractivity contribution in [1.82, 2.24) is 10.2 Å². The van der Waals surface area contributed by atoms with Gasteiger partial charge in [-0.2, -0.15) is 0 Å². The second-order valence-electron chi connectivity index (χ2n) is 9.46. The van der Waals surface area contributed by atoms with E-state index in [1.54, 1.807) is 37.3 Å². The average Bonchev–Trinajstić information content (AvgIpc) is 2.90. The largest absolute Gasteiger partial charge is 0.354 e. The van der Waals surface area contributed by atoms with Gasteiger partial charge in [-0.25, -0.2) is 8.42 Å². The van der Waals surface area contributed by atoms with Gasteiger partial charge in [0.2, 0.25) is 21.8 Å². The summed E-state index contributed by atoms with van der Waals surface area (Å²) in [6.07, 6.45) is 1.93. The average molecular weight is 625 g/mol. The highest BCUT2D eigenvalue weighted by Crippen LogP contribution is 2.27. The quantitative estimate of drug-likeness (QED) is 0.272. The van der Waals surface area contributed by atoms with Crippen LogP contribution in [0.1, 0.15) is 30.0 Å². The molecule has 1 atom stereocenters. The summed E-state index contributed by atoms with van der Waals surface area (Å²) in [6.45, 7) is 3.56. The molecule has 0 saturated carbocycles. The summed E-state index contributed by atoms with van der Waals surface area (Å²) < 4.78 is 26.7. The zero-order chi connectivity index (χ0) is 29.4. The molecule has 0 bridgehead atoms. The molecule has 3 aromatic rings. The smallest absolute Gasteiger partial charge is 0.244 e. The van der Waals surface area contributed by atoms with E-state index in [4.69, 9.17) is 34.8 Å². The van der Waals surface area contributed by atoms with Crippen LogP contribution >= 0.6 is 34.8 Å². The predicted molar refractivity (Wildman–Crippen MR) is 163 cm³/mol. The minimum atomic E-state index is -3.90. The van der Waals surface area contributed by atoms with Crippen LogP contribution in [0.15, 0.2) is 66.7 Å². The van der Waals surface area contributed by atoms with E-state index in [1.807, 2.05) is 37.3 Å². The standard InChI is InChI=1S/C29H32Cl3N3O4S/c1-4-14-33-29(37)27(15-21-8-6-5-7-9-21)34(18-22-11-12-23(30)16-26(22)32)28(36)19-35(40(3,38)39)24-13-10-20(2)25(31)17-24/h5-13,16-17,27H,4,14-15,18-19H2,1-3H3,(H,33,37)/t27-/m0/s1. The molecule has 11 heteroatoms. The number of nitrogens with one attached hydrogen (secondary N) is 1. The number of halogens is 3. The number of amides is 2. The maximum absolute atomic E-state index is 14.1. The Morgan fingerprint density at radius 1 is 0.950 bits per heavy atom. The van der Waals surface area contributed by atoms with Gasteiger partial charge in [-0.1, -0.05) is 84.2 Å². The zero-order valence-electron chi connectivity index (χ0n) is 22.5. The van der Waals surface area contributed by atoms with Crippen LogP contribution in [-0.2, 0) is 32.6 Å². The Bertz CT molecular complexity index is 1450. The van der Waals surface area contributed by atoms with E-state index in [2.05, 4.69) is 5.32 Å². The second kappa shape index (κ2) is 14.2. The van der Waals surface area contributed by atoms with Gasteiger partial charge in [-0.15, -0.1) is 0 Å². The highest BCUT2D eigenvalue weighted by molar-refractivity contribution is 7.92. The Kier molecular flexibility index (Phi) is 11.3. The molecule has 0 aliphatic rings. The van der Waals surface area contributed by atoms with Crippen molar-refractivity contribution in [1.29, 1.82) is 0 Å². The molecule has 0 radical (unpaired) electrons. The summed E-state index contributed by atoms with van der Waals surface area (Å²) in [5.74, 6) is -0.936. The van der Waals surface area contributed by atoms with Gasteiger partial charge in [0, 0.05) is 34.6 Å². The predicted octanol–water partition coefficient (Wildman–Crippen LogP) is 5.89. The van der Waals surface area contributed by atoms with Crippen LogP contribution in [0.2, 0.25) is 15.1 Å². The van der Waals surface area contributed by atoms with E-state index < -0.39 is 28.5 Å². The molecule has 0 spiro atoms. The molecular formula is C29H32Cl3N3O4S. The third-order valence-corrected chi connectivity index (χ3v) is 8.43. The highest BCUT2D eigenvalue weighted by Gasteiger charge is 2.33. The molecule has 2 amide bonds. The van der Waals surface area contributed by atoms with Crippen molar-refractivity contribution in [3.8, 4) is 0 Å². The van der Waals surface area contributed by atoms with Crippen molar-refractivity contribution in [3.05, 3.63) is 98.5 Å². The van der Waals surface area contributed by atoms with E-state index in [-0.39, 0.29) is 24.6 Å². The van der Waals surface area contributed by atoms with Gasteiger partial charge in [-0.3, -0.25) is 13.9 Å². The number of sulfonamides is 1. The number of hydrogen-bond donors (Lipinski definition) is 1. The van der Waals surface area contributed by atoms with Crippen LogP contribution in [0.25, 0.3) is 0 Å². The van der Waals surface area contributed by atoms with E-state index in [0.717, 1.165) is 21.7 Å². The molecule has 214 valence electrons. The third kappa shape index (κ3) is 8.61. The fourth-order valence-electron chi connectivity index (χ4n) is 4.10. The van der Waals surface area contributed by atoms with Crippen molar-refractivity contribution in [2.75, 3.05) is 23.7 Å². The molecule has 0 heterocycles. The number of aryl methyl sites for hydroxylation is 1. The molecule has 3 aromatic carbocycles. The number of carbonyl (C=O) groups is 2. The van der Waals surface area contributed by atoms with Crippen LogP contribution < -0.4 is 9.62 Å². The number of rotatable bonds is 12. The van der Waals surface area contributed by atoms with Crippen molar-refractivity contribution < 1.29 is 18.0 Å². The molecule has 7 nitrogen and oxygen atoms in total. The highest BCUT2D eigenvalue weighted by atomic mass is 35.5. The first kappa shape index (κ1) is 31.7. The number of hydrogen-bond acceptors (Lipinski definition) is 4.